The first-order chi connectivity index (χ1) is 15.5. The number of aromatic nitrogens is 1. The van der Waals surface area contributed by atoms with Crippen LogP contribution in [0.3, 0.4) is 0 Å². The first-order valence-electron chi connectivity index (χ1n) is 9.81. The molecule has 0 saturated heterocycles. The highest BCUT2D eigenvalue weighted by Gasteiger charge is 2.23. The molecule has 1 N–H and O–H groups in total. The maximum atomic E-state index is 14.7. The van der Waals surface area contributed by atoms with Crippen LogP contribution in [0.4, 0.5) is 4.39 Å². The Bertz CT molecular complexity index is 1390. The molecule has 1 atom stereocenters. The van der Waals surface area contributed by atoms with Gasteiger partial charge in [-0.3, -0.25) is 4.79 Å². The summed E-state index contributed by atoms with van der Waals surface area (Å²) in [5.41, 5.74) is 2.73. The van der Waals surface area contributed by atoms with Crippen LogP contribution in [0.2, 0.25) is 5.02 Å². The maximum Gasteiger partial charge on any atom is 0.306 e. The van der Waals surface area contributed by atoms with Gasteiger partial charge in [-0.15, -0.1) is 0 Å². The first-order valence-corrected chi connectivity index (χ1v) is 12.0. The van der Waals surface area contributed by atoms with Gasteiger partial charge in [-0.1, -0.05) is 28.9 Å². The third-order valence-corrected chi connectivity index (χ3v) is 5.86. The van der Waals surface area contributed by atoms with Gasteiger partial charge in [0, 0.05) is 42.2 Å². The van der Waals surface area contributed by atoms with Crippen molar-refractivity contribution in [2.75, 3.05) is 6.26 Å². The highest BCUT2D eigenvalue weighted by Crippen LogP contribution is 2.35. The molecule has 0 fully saturated rings. The number of hydrogen-bond acceptors (Lipinski definition) is 6. The molecule has 0 aliphatic rings. The third kappa shape index (κ3) is 6.00. The molecule has 0 aliphatic heterocycles. The quantitative estimate of drug-likeness (QED) is 0.230. The molecule has 0 radical (unpaired) electrons. The Morgan fingerprint density at radius 1 is 1.21 bits per heavy atom. The second-order valence-corrected chi connectivity index (χ2v) is 9.66. The van der Waals surface area contributed by atoms with Crippen molar-refractivity contribution >= 4 is 27.4 Å². The van der Waals surface area contributed by atoms with Crippen molar-refractivity contribution in [1.82, 2.24) is 4.57 Å². The zero-order valence-corrected chi connectivity index (χ0v) is 19.7. The lowest BCUT2D eigenvalue weighted by atomic mass is 9.83. The fourth-order valence-corrected chi connectivity index (χ4v) is 4.26. The van der Waals surface area contributed by atoms with Crippen molar-refractivity contribution in [1.29, 1.82) is 0 Å². The van der Waals surface area contributed by atoms with Gasteiger partial charge in [-0.05, 0) is 53.9 Å². The third-order valence-electron chi connectivity index (χ3n) is 5.14. The van der Waals surface area contributed by atoms with Gasteiger partial charge < -0.3 is 14.0 Å². The zero-order chi connectivity index (χ0) is 24.3. The van der Waals surface area contributed by atoms with Crippen molar-refractivity contribution in [2.45, 2.75) is 19.3 Å². The van der Waals surface area contributed by atoms with Crippen LogP contribution in [0.1, 0.15) is 34.6 Å². The van der Waals surface area contributed by atoms with Gasteiger partial charge in [-0.25, -0.2) is 4.39 Å². The van der Waals surface area contributed by atoms with E-state index in [0.717, 1.165) is 17.4 Å². The van der Waals surface area contributed by atoms with Gasteiger partial charge in [0.2, 0.25) is 5.56 Å². The van der Waals surface area contributed by atoms with Gasteiger partial charge in [0.1, 0.15) is 0 Å². The van der Waals surface area contributed by atoms with Crippen LogP contribution in [0.15, 0.2) is 64.7 Å². The summed E-state index contributed by atoms with van der Waals surface area (Å²) in [5, 5.41) is 13.7. The molecule has 0 aliphatic carbocycles. The van der Waals surface area contributed by atoms with E-state index in [0.29, 0.717) is 16.1 Å². The molecule has 174 valence electrons. The molecule has 2 aromatic carbocycles. The number of aryl methyl sites for hydroxylation is 2. The first kappa shape index (κ1) is 24.5. The molecule has 33 heavy (non-hydrogen) atoms. The van der Waals surface area contributed by atoms with Gasteiger partial charge >= 0.3 is 10.1 Å². The Balaban J connectivity index is 2.09. The minimum Gasteiger partial charge on any atom is -0.411 e. The monoisotopic (exact) mass is 492 g/mol. The van der Waals surface area contributed by atoms with E-state index in [1.54, 1.807) is 43.6 Å². The summed E-state index contributed by atoms with van der Waals surface area (Å²) in [6.45, 7) is 1.85. The summed E-state index contributed by atoms with van der Waals surface area (Å²) in [7, 11) is -2.32. The molecule has 7 nitrogen and oxygen atoms in total. The molecule has 10 heteroatoms. The average molecular weight is 493 g/mol. The van der Waals surface area contributed by atoms with Gasteiger partial charge in [0.05, 0.1) is 12.0 Å². The second-order valence-electron chi connectivity index (χ2n) is 7.65. The Kier molecular flexibility index (Phi) is 7.24. The molecule has 1 unspecified atom stereocenters. The molecular formula is C23H22ClFN2O5S. The van der Waals surface area contributed by atoms with Crippen molar-refractivity contribution in [3.63, 3.8) is 0 Å². The van der Waals surface area contributed by atoms with Crippen LogP contribution in [0.5, 0.6) is 5.75 Å². The molecule has 3 aromatic rings. The van der Waals surface area contributed by atoms with E-state index < -0.39 is 27.6 Å². The zero-order valence-electron chi connectivity index (χ0n) is 18.1. The number of halogens is 2. The van der Waals surface area contributed by atoms with E-state index in [2.05, 4.69) is 5.16 Å². The summed E-state index contributed by atoms with van der Waals surface area (Å²) in [6.07, 6.45) is 2.53. The Morgan fingerprint density at radius 2 is 1.94 bits per heavy atom. The fourth-order valence-electron chi connectivity index (χ4n) is 3.58. The SMILES string of the molecule is Cc1cc(Cl)ccc1C(C/C(=N/O)c1ccc(=O)n(C)c1)c1ccc(OS(C)(=O)=O)c(F)c1. The largest absolute Gasteiger partial charge is 0.411 e. The summed E-state index contributed by atoms with van der Waals surface area (Å²) in [5.74, 6) is -1.74. The summed E-state index contributed by atoms with van der Waals surface area (Å²) < 4.78 is 43.6. The molecule has 1 aromatic heterocycles. The Labute approximate surface area is 195 Å². The van der Waals surface area contributed by atoms with Crippen molar-refractivity contribution in [2.24, 2.45) is 12.2 Å². The van der Waals surface area contributed by atoms with Crippen molar-refractivity contribution < 1.29 is 22.2 Å². The number of hydrogen-bond donors (Lipinski definition) is 1. The van der Waals surface area contributed by atoms with Crippen LogP contribution in [-0.2, 0) is 17.2 Å². The molecule has 0 saturated carbocycles. The Morgan fingerprint density at radius 3 is 2.52 bits per heavy atom. The number of rotatable bonds is 7. The average Bonchev–Trinajstić information content (AvgIpc) is 2.72. The van der Waals surface area contributed by atoms with Gasteiger partial charge in [0.25, 0.3) is 0 Å². The van der Waals surface area contributed by atoms with E-state index >= 15 is 0 Å². The number of nitrogens with zero attached hydrogens (tertiary/aromatic N) is 2. The minimum atomic E-state index is -3.90. The lowest BCUT2D eigenvalue weighted by Crippen LogP contribution is -2.18. The predicted molar refractivity (Wildman–Crippen MR) is 125 cm³/mol. The van der Waals surface area contributed by atoms with Crippen LogP contribution < -0.4 is 9.74 Å². The summed E-state index contributed by atoms with van der Waals surface area (Å²) >= 11 is 6.11. The van der Waals surface area contributed by atoms with Crippen LogP contribution in [-0.4, -0.2) is 30.2 Å². The van der Waals surface area contributed by atoms with Crippen LogP contribution in [0.25, 0.3) is 0 Å². The van der Waals surface area contributed by atoms with Crippen molar-refractivity contribution in [3.8, 4) is 5.75 Å². The van der Waals surface area contributed by atoms with Crippen LogP contribution in [0, 0.1) is 12.7 Å². The van der Waals surface area contributed by atoms with E-state index in [1.807, 2.05) is 6.92 Å². The molecule has 0 amide bonds. The fraction of sp³-hybridized carbons (Fsp3) is 0.217. The Hall–Kier alpha value is -3.17. The highest BCUT2D eigenvalue weighted by atomic mass is 35.5. The van der Waals surface area contributed by atoms with E-state index in [9.17, 15) is 22.8 Å². The second kappa shape index (κ2) is 9.76. The molecule has 0 spiro atoms. The smallest absolute Gasteiger partial charge is 0.306 e. The van der Waals surface area contributed by atoms with Crippen molar-refractivity contribution in [3.05, 3.63) is 98.2 Å². The number of oxime groups is 1. The topological polar surface area (TPSA) is 98.0 Å². The number of benzene rings is 2. The molecule has 3 rings (SSSR count). The molecular weight excluding hydrogens is 471 g/mol. The van der Waals surface area contributed by atoms with E-state index in [4.69, 9.17) is 15.8 Å². The highest BCUT2D eigenvalue weighted by molar-refractivity contribution is 7.86. The van der Waals surface area contributed by atoms with E-state index in [-0.39, 0.29) is 17.7 Å². The standard InChI is InChI=1S/C23H22ClFN2O5S/c1-14-10-17(24)6-7-18(14)19(12-21(26-29)16-5-9-23(28)27(2)13-16)15-4-8-22(20(25)11-15)32-33(3,30)31/h4-11,13,19,29H,12H2,1-3H3/b26-21-. The summed E-state index contributed by atoms with van der Waals surface area (Å²) in [4.78, 5) is 11.7. The van der Waals surface area contributed by atoms with Crippen LogP contribution >= 0.6 is 11.6 Å². The minimum absolute atomic E-state index is 0.156. The maximum absolute atomic E-state index is 14.7. The predicted octanol–water partition coefficient (Wildman–Crippen LogP) is 4.23. The lowest BCUT2D eigenvalue weighted by Gasteiger charge is -2.22. The van der Waals surface area contributed by atoms with E-state index in [1.165, 1.54) is 22.8 Å². The molecule has 1 heterocycles. The summed E-state index contributed by atoms with van der Waals surface area (Å²) in [6, 6.07) is 12.2. The normalized spacial score (nSPS) is 13.1. The van der Waals surface area contributed by atoms with Gasteiger partial charge in [-0.2, -0.15) is 8.42 Å². The lowest BCUT2D eigenvalue weighted by molar-refractivity contribution is 0.317. The molecule has 0 bridgehead atoms. The number of pyridine rings is 1. The van der Waals surface area contributed by atoms with Gasteiger partial charge in [0.15, 0.2) is 11.6 Å².